The molecule has 0 radical (unpaired) electrons. The van der Waals surface area contributed by atoms with Gasteiger partial charge in [-0.1, -0.05) is 54.5 Å². The molecule has 0 spiro atoms. The number of rotatable bonds is 9. The van der Waals surface area contributed by atoms with Gasteiger partial charge in [-0.2, -0.15) is 11.8 Å². The Hall–Kier alpha value is -3.44. The van der Waals surface area contributed by atoms with Crippen LogP contribution in [0.1, 0.15) is 49.9 Å². The molecule has 0 aliphatic heterocycles. The number of hydrogen-bond donors (Lipinski definition) is 2. The van der Waals surface area contributed by atoms with Gasteiger partial charge in [-0.15, -0.1) is 0 Å². The molecule has 0 aliphatic carbocycles. The van der Waals surface area contributed by atoms with Crippen molar-refractivity contribution in [2.45, 2.75) is 58.7 Å². The lowest BCUT2D eigenvalue weighted by Crippen LogP contribution is -2.51. The fourth-order valence-electron chi connectivity index (χ4n) is 3.46. The Balaban J connectivity index is 2.43. The summed E-state index contributed by atoms with van der Waals surface area (Å²) >= 11 is 1.53. The standard InChI is InChI=1S/C28H35N3O4S/c1-8-31(26(33)23(17-18-36-7)30-27(34)35-28(4,5)6)24(21-15-13-19(2)14-16-21)25(32)29-22-12-10-9-11-20(22)3/h1,9-16,23-24H,17-18H2,2-7H3,(H,29,32)(H,30,34). The SMILES string of the molecule is C#CN(C(=O)C(CCSC)NC(=O)OC(C)(C)C)C(C(=O)Nc1ccccc1C)c1ccc(C)cc1. The van der Waals surface area contributed by atoms with Crippen LogP contribution in [0.4, 0.5) is 10.5 Å². The van der Waals surface area contributed by atoms with Crippen molar-refractivity contribution in [2.75, 3.05) is 17.3 Å². The Kier molecular flexibility index (Phi) is 10.4. The summed E-state index contributed by atoms with van der Waals surface area (Å²) < 4.78 is 5.35. The van der Waals surface area contributed by atoms with E-state index >= 15 is 0 Å². The highest BCUT2D eigenvalue weighted by Crippen LogP contribution is 2.26. The number of nitrogens with zero attached hydrogens (tertiary/aromatic N) is 1. The second-order valence-electron chi connectivity index (χ2n) is 9.44. The van der Waals surface area contributed by atoms with Gasteiger partial charge in [0, 0.05) is 11.7 Å². The van der Waals surface area contributed by atoms with Crippen molar-refractivity contribution in [3.63, 3.8) is 0 Å². The van der Waals surface area contributed by atoms with Crippen molar-refractivity contribution < 1.29 is 19.1 Å². The number of para-hydroxylation sites is 1. The number of amides is 3. The first kappa shape index (κ1) is 28.8. The molecule has 3 amide bonds. The number of carbonyl (C=O) groups excluding carboxylic acids is 3. The lowest BCUT2D eigenvalue weighted by atomic mass is 10.0. The second-order valence-corrected chi connectivity index (χ2v) is 10.4. The molecule has 0 aromatic heterocycles. The Morgan fingerprint density at radius 2 is 1.72 bits per heavy atom. The highest BCUT2D eigenvalue weighted by Gasteiger charge is 2.36. The summed E-state index contributed by atoms with van der Waals surface area (Å²) in [5.74, 6) is -0.432. The van der Waals surface area contributed by atoms with Crippen LogP contribution in [-0.4, -0.2) is 46.5 Å². The molecular formula is C28H35N3O4S. The molecule has 0 saturated heterocycles. The van der Waals surface area contributed by atoms with Crippen LogP contribution in [-0.2, 0) is 14.3 Å². The number of terminal acetylenes is 1. The van der Waals surface area contributed by atoms with Crippen LogP contribution in [0.2, 0.25) is 0 Å². The van der Waals surface area contributed by atoms with Crippen LogP contribution in [0.15, 0.2) is 48.5 Å². The lowest BCUT2D eigenvalue weighted by Gasteiger charge is -2.30. The van der Waals surface area contributed by atoms with E-state index in [2.05, 4.69) is 16.7 Å². The van der Waals surface area contributed by atoms with Gasteiger partial charge in [0.15, 0.2) is 0 Å². The van der Waals surface area contributed by atoms with E-state index in [1.807, 2.05) is 50.4 Å². The summed E-state index contributed by atoms with van der Waals surface area (Å²) in [4.78, 5) is 40.8. The summed E-state index contributed by atoms with van der Waals surface area (Å²) in [5, 5.41) is 5.55. The Bertz CT molecular complexity index is 1100. The molecule has 36 heavy (non-hydrogen) atoms. The largest absolute Gasteiger partial charge is 0.444 e. The molecule has 0 saturated carbocycles. The maximum Gasteiger partial charge on any atom is 0.408 e. The minimum absolute atomic E-state index is 0.317. The predicted octanol–water partition coefficient (Wildman–Crippen LogP) is 5.05. The van der Waals surface area contributed by atoms with Crippen LogP contribution < -0.4 is 10.6 Å². The third kappa shape index (κ3) is 8.35. The molecule has 2 N–H and O–H groups in total. The highest BCUT2D eigenvalue weighted by molar-refractivity contribution is 7.98. The molecule has 2 aromatic rings. The predicted molar refractivity (Wildman–Crippen MR) is 146 cm³/mol. The zero-order valence-electron chi connectivity index (χ0n) is 21.8. The lowest BCUT2D eigenvalue weighted by molar-refractivity contribution is -0.136. The van der Waals surface area contributed by atoms with E-state index in [-0.39, 0.29) is 0 Å². The normalized spacial score (nSPS) is 12.6. The minimum Gasteiger partial charge on any atom is -0.444 e. The number of carbonyl (C=O) groups is 3. The van der Waals surface area contributed by atoms with E-state index in [9.17, 15) is 14.4 Å². The van der Waals surface area contributed by atoms with Crippen LogP contribution in [0, 0.1) is 26.3 Å². The minimum atomic E-state index is -1.11. The monoisotopic (exact) mass is 509 g/mol. The van der Waals surface area contributed by atoms with Gasteiger partial charge in [-0.25, -0.2) is 4.79 Å². The van der Waals surface area contributed by atoms with Crippen LogP contribution >= 0.6 is 11.8 Å². The van der Waals surface area contributed by atoms with E-state index in [1.54, 1.807) is 39.0 Å². The van der Waals surface area contributed by atoms with Crippen molar-refractivity contribution in [3.8, 4) is 12.5 Å². The quantitative estimate of drug-likeness (QED) is 0.365. The van der Waals surface area contributed by atoms with E-state index < -0.39 is 35.6 Å². The van der Waals surface area contributed by atoms with Gasteiger partial charge < -0.3 is 15.4 Å². The summed E-state index contributed by atoms with van der Waals surface area (Å²) in [5.41, 5.74) is 2.31. The second kappa shape index (κ2) is 13.0. The fraction of sp³-hybridized carbons (Fsp3) is 0.393. The van der Waals surface area contributed by atoms with Crippen molar-refractivity contribution >= 4 is 35.4 Å². The van der Waals surface area contributed by atoms with Gasteiger partial charge >= 0.3 is 6.09 Å². The molecule has 192 valence electrons. The Labute approximate surface area is 218 Å². The Morgan fingerprint density at radius 3 is 2.28 bits per heavy atom. The summed E-state index contributed by atoms with van der Waals surface area (Å²) in [6.45, 7) is 9.02. The highest BCUT2D eigenvalue weighted by atomic mass is 32.2. The smallest absolute Gasteiger partial charge is 0.408 e. The molecular weight excluding hydrogens is 474 g/mol. The van der Waals surface area contributed by atoms with Crippen molar-refractivity contribution in [2.24, 2.45) is 0 Å². The first-order valence-corrected chi connectivity index (χ1v) is 13.1. The number of thioether (sulfide) groups is 1. The van der Waals surface area contributed by atoms with Gasteiger partial charge in [0.2, 0.25) is 0 Å². The third-order valence-corrected chi connectivity index (χ3v) is 5.92. The van der Waals surface area contributed by atoms with Gasteiger partial charge in [-0.05, 0) is 70.2 Å². The van der Waals surface area contributed by atoms with Crippen LogP contribution in [0.3, 0.4) is 0 Å². The molecule has 2 aromatic carbocycles. The molecule has 2 rings (SSSR count). The van der Waals surface area contributed by atoms with Gasteiger partial charge in [0.25, 0.3) is 11.8 Å². The zero-order chi connectivity index (χ0) is 26.9. The summed E-state index contributed by atoms with van der Waals surface area (Å²) in [7, 11) is 0. The van der Waals surface area contributed by atoms with E-state index in [0.717, 1.165) is 16.0 Å². The molecule has 2 unspecified atom stereocenters. The van der Waals surface area contributed by atoms with Gasteiger partial charge in [0.05, 0.1) is 0 Å². The number of anilines is 1. The summed E-state index contributed by atoms with van der Waals surface area (Å²) in [6.07, 6.45) is 7.32. The average molecular weight is 510 g/mol. The zero-order valence-corrected chi connectivity index (χ0v) is 22.6. The topological polar surface area (TPSA) is 87.7 Å². The number of benzene rings is 2. The molecule has 0 fully saturated rings. The molecule has 8 heteroatoms. The number of aryl methyl sites for hydroxylation is 2. The van der Waals surface area contributed by atoms with Crippen molar-refractivity contribution in [3.05, 3.63) is 65.2 Å². The average Bonchev–Trinajstić information content (AvgIpc) is 2.80. The summed E-state index contributed by atoms with van der Waals surface area (Å²) in [6, 6.07) is 14.9. The number of nitrogens with one attached hydrogen (secondary N) is 2. The molecule has 0 aliphatic rings. The van der Waals surface area contributed by atoms with Crippen molar-refractivity contribution in [1.82, 2.24) is 10.2 Å². The number of hydrogen-bond acceptors (Lipinski definition) is 5. The molecule has 7 nitrogen and oxygen atoms in total. The Morgan fingerprint density at radius 1 is 1.08 bits per heavy atom. The first-order valence-electron chi connectivity index (χ1n) is 11.7. The molecule has 0 bridgehead atoms. The van der Waals surface area contributed by atoms with E-state index in [0.29, 0.717) is 23.4 Å². The first-order chi connectivity index (χ1) is 17.0. The van der Waals surface area contributed by atoms with Gasteiger partial charge in [0.1, 0.15) is 17.7 Å². The molecule has 2 atom stereocenters. The van der Waals surface area contributed by atoms with E-state index in [4.69, 9.17) is 11.2 Å². The maximum atomic E-state index is 13.7. The van der Waals surface area contributed by atoms with Gasteiger partial charge in [-0.3, -0.25) is 14.5 Å². The van der Waals surface area contributed by atoms with Crippen LogP contribution in [0.5, 0.6) is 0 Å². The molecule has 0 heterocycles. The number of ether oxygens (including phenoxy) is 1. The third-order valence-electron chi connectivity index (χ3n) is 5.28. The maximum absolute atomic E-state index is 13.7. The fourth-order valence-corrected chi connectivity index (χ4v) is 3.93. The number of alkyl carbamates (subject to hydrolysis) is 1. The van der Waals surface area contributed by atoms with Crippen LogP contribution in [0.25, 0.3) is 0 Å². The van der Waals surface area contributed by atoms with Crippen molar-refractivity contribution in [1.29, 1.82) is 0 Å². The van der Waals surface area contributed by atoms with E-state index in [1.165, 1.54) is 11.8 Å².